The van der Waals surface area contributed by atoms with Gasteiger partial charge in [-0.15, -0.1) is 0 Å². The number of carboxylic acid groups (broad SMARTS) is 1. The molecule has 0 radical (unpaired) electrons. The summed E-state index contributed by atoms with van der Waals surface area (Å²) in [4.78, 5) is 11.2. The molecule has 0 fully saturated rings. The summed E-state index contributed by atoms with van der Waals surface area (Å²) in [6, 6.07) is 0. The minimum atomic E-state index is -0.717. The molecule has 124 valence electrons. The molecule has 0 aliphatic carbocycles. The molecule has 0 aromatic heterocycles. The molecule has 0 heterocycles. The number of carboxylic acids is 1. The molecule has 0 saturated heterocycles. The first-order valence-electron chi connectivity index (χ1n) is 9.14. The summed E-state index contributed by atoms with van der Waals surface area (Å²) >= 11 is 0. The van der Waals surface area contributed by atoms with E-state index in [2.05, 4.69) is 13.8 Å². The molecule has 0 aliphatic heterocycles. The molecule has 1 N–H and O–H groups in total. The molecule has 0 unspecified atom stereocenters. The molecule has 2 nitrogen and oxygen atoms in total. The second-order valence-corrected chi connectivity index (χ2v) is 6.11. The Balaban J connectivity index is 3.62. The Bertz CT molecular complexity index is 269. The third kappa shape index (κ3) is 13.9. The van der Waals surface area contributed by atoms with Crippen molar-refractivity contribution in [1.82, 2.24) is 0 Å². The summed E-state index contributed by atoms with van der Waals surface area (Å²) in [6.45, 7) is 4.42. The van der Waals surface area contributed by atoms with Crippen LogP contribution >= 0.6 is 0 Å². The van der Waals surface area contributed by atoms with Crippen LogP contribution in [-0.2, 0) is 4.79 Å². The number of aliphatic carboxylic acids is 1. The van der Waals surface area contributed by atoms with E-state index < -0.39 is 5.97 Å². The van der Waals surface area contributed by atoms with Crippen LogP contribution in [0.4, 0.5) is 0 Å². The fourth-order valence-corrected chi connectivity index (χ4v) is 2.59. The number of rotatable bonds is 15. The van der Waals surface area contributed by atoms with Gasteiger partial charge in [0, 0.05) is 5.57 Å². The molecule has 21 heavy (non-hydrogen) atoms. The molecule has 0 saturated carbocycles. The molecule has 0 spiro atoms. The molecular formula is C19H36O2. The van der Waals surface area contributed by atoms with Crippen LogP contribution in [0.2, 0.25) is 0 Å². The Morgan fingerprint density at radius 3 is 1.76 bits per heavy atom. The van der Waals surface area contributed by atoms with Crippen molar-refractivity contribution in [3.8, 4) is 0 Å². The highest BCUT2D eigenvalue weighted by Crippen LogP contribution is 2.14. The Hall–Kier alpha value is -0.790. The third-order valence-electron chi connectivity index (χ3n) is 4.02. The minimum Gasteiger partial charge on any atom is -0.478 e. The summed E-state index contributed by atoms with van der Waals surface area (Å²) in [5.41, 5.74) is 0.633. The summed E-state index contributed by atoms with van der Waals surface area (Å²) in [5.74, 6) is -0.717. The van der Waals surface area contributed by atoms with E-state index in [4.69, 9.17) is 0 Å². The van der Waals surface area contributed by atoms with Gasteiger partial charge in [0.25, 0.3) is 0 Å². The van der Waals surface area contributed by atoms with Crippen molar-refractivity contribution in [3.63, 3.8) is 0 Å². The molecule has 0 aromatic carbocycles. The highest BCUT2D eigenvalue weighted by Gasteiger charge is 2.05. The van der Waals surface area contributed by atoms with Crippen LogP contribution in [0, 0.1) is 0 Å². The van der Waals surface area contributed by atoms with Gasteiger partial charge < -0.3 is 5.11 Å². The van der Waals surface area contributed by atoms with Gasteiger partial charge in [0.2, 0.25) is 0 Å². The first kappa shape index (κ1) is 20.2. The number of unbranched alkanes of at least 4 members (excludes halogenated alkanes) is 11. The Morgan fingerprint density at radius 1 is 0.762 bits per heavy atom. The van der Waals surface area contributed by atoms with Crippen molar-refractivity contribution in [2.45, 2.75) is 104 Å². The zero-order chi connectivity index (χ0) is 15.8. The quantitative estimate of drug-likeness (QED) is 0.277. The molecule has 2 heteroatoms. The SMILES string of the molecule is CCCCCCCCCC/C=C(/CCCCCC)C(=O)O. The van der Waals surface area contributed by atoms with Gasteiger partial charge in [-0.25, -0.2) is 4.79 Å². The monoisotopic (exact) mass is 296 g/mol. The van der Waals surface area contributed by atoms with Crippen LogP contribution in [0.5, 0.6) is 0 Å². The maximum Gasteiger partial charge on any atom is 0.331 e. The van der Waals surface area contributed by atoms with Crippen molar-refractivity contribution in [3.05, 3.63) is 11.6 Å². The third-order valence-corrected chi connectivity index (χ3v) is 4.02. The standard InChI is InChI=1S/C19H36O2/c1-3-5-7-9-10-11-12-13-15-17-18(19(20)21)16-14-8-6-4-2/h17H,3-16H2,1-2H3,(H,20,21)/b18-17-. The predicted molar refractivity (Wildman–Crippen MR) is 91.7 cm³/mol. The van der Waals surface area contributed by atoms with Gasteiger partial charge in [-0.3, -0.25) is 0 Å². The normalized spacial score (nSPS) is 11.8. The second kappa shape index (κ2) is 15.6. The molecule has 0 aliphatic rings. The smallest absolute Gasteiger partial charge is 0.331 e. The fourth-order valence-electron chi connectivity index (χ4n) is 2.59. The first-order chi connectivity index (χ1) is 10.2. The summed E-state index contributed by atoms with van der Waals surface area (Å²) in [6.07, 6.45) is 18.6. The maximum absolute atomic E-state index is 11.2. The van der Waals surface area contributed by atoms with Crippen molar-refractivity contribution < 1.29 is 9.90 Å². The zero-order valence-electron chi connectivity index (χ0n) is 14.3. The van der Waals surface area contributed by atoms with E-state index in [-0.39, 0.29) is 0 Å². The van der Waals surface area contributed by atoms with Crippen molar-refractivity contribution in [2.75, 3.05) is 0 Å². The van der Waals surface area contributed by atoms with E-state index >= 15 is 0 Å². The van der Waals surface area contributed by atoms with Crippen LogP contribution < -0.4 is 0 Å². The molecule has 0 rings (SSSR count). The number of allylic oxidation sites excluding steroid dienone is 1. The second-order valence-electron chi connectivity index (χ2n) is 6.11. The molecule has 0 aromatic rings. The van der Waals surface area contributed by atoms with E-state index in [0.29, 0.717) is 5.57 Å². The van der Waals surface area contributed by atoms with Crippen molar-refractivity contribution in [2.24, 2.45) is 0 Å². The number of hydrogen-bond donors (Lipinski definition) is 1. The predicted octanol–water partition coefficient (Wildman–Crippen LogP) is 6.50. The number of hydrogen-bond acceptors (Lipinski definition) is 1. The van der Waals surface area contributed by atoms with Crippen molar-refractivity contribution in [1.29, 1.82) is 0 Å². The Morgan fingerprint density at radius 2 is 1.24 bits per heavy atom. The minimum absolute atomic E-state index is 0.633. The van der Waals surface area contributed by atoms with Gasteiger partial charge in [-0.05, 0) is 25.7 Å². The van der Waals surface area contributed by atoms with E-state index in [1.165, 1.54) is 57.8 Å². The average molecular weight is 296 g/mol. The molecule has 0 atom stereocenters. The maximum atomic E-state index is 11.2. The lowest BCUT2D eigenvalue weighted by molar-refractivity contribution is -0.132. The van der Waals surface area contributed by atoms with Gasteiger partial charge in [-0.2, -0.15) is 0 Å². The van der Waals surface area contributed by atoms with Crippen LogP contribution in [0.15, 0.2) is 11.6 Å². The van der Waals surface area contributed by atoms with Gasteiger partial charge >= 0.3 is 5.97 Å². The average Bonchev–Trinajstić information content (AvgIpc) is 2.47. The lowest BCUT2D eigenvalue weighted by atomic mass is 10.0. The van der Waals surface area contributed by atoms with Crippen LogP contribution in [0.3, 0.4) is 0 Å². The fraction of sp³-hybridized carbons (Fsp3) is 0.842. The highest BCUT2D eigenvalue weighted by atomic mass is 16.4. The number of carbonyl (C=O) groups is 1. The lowest BCUT2D eigenvalue weighted by Gasteiger charge is -2.03. The first-order valence-corrected chi connectivity index (χ1v) is 9.14. The van der Waals surface area contributed by atoms with Crippen molar-refractivity contribution >= 4 is 5.97 Å². The lowest BCUT2D eigenvalue weighted by Crippen LogP contribution is -2.00. The summed E-state index contributed by atoms with van der Waals surface area (Å²) in [5, 5.41) is 9.18. The van der Waals surface area contributed by atoms with Crippen LogP contribution in [-0.4, -0.2) is 11.1 Å². The van der Waals surface area contributed by atoms with E-state index in [0.717, 1.165) is 32.1 Å². The van der Waals surface area contributed by atoms with Crippen LogP contribution in [0.1, 0.15) is 104 Å². The Labute approximate surface area is 132 Å². The van der Waals surface area contributed by atoms with E-state index in [1.54, 1.807) is 0 Å². The van der Waals surface area contributed by atoms with Gasteiger partial charge in [0.1, 0.15) is 0 Å². The topological polar surface area (TPSA) is 37.3 Å². The van der Waals surface area contributed by atoms with Gasteiger partial charge in [0.15, 0.2) is 0 Å². The van der Waals surface area contributed by atoms with Gasteiger partial charge in [-0.1, -0.05) is 84.1 Å². The Kier molecular flexibility index (Phi) is 15.0. The highest BCUT2D eigenvalue weighted by molar-refractivity contribution is 5.86. The molecule has 0 bridgehead atoms. The summed E-state index contributed by atoms with van der Waals surface area (Å²) < 4.78 is 0. The largest absolute Gasteiger partial charge is 0.478 e. The van der Waals surface area contributed by atoms with Gasteiger partial charge in [0.05, 0.1) is 0 Å². The van der Waals surface area contributed by atoms with Crippen LogP contribution in [0.25, 0.3) is 0 Å². The van der Waals surface area contributed by atoms with E-state index in [9.17, 15) is 9.90 Å². The van der Waals surface area contributed by atoms with E-state index in [1.807, 2.05) is 6.08 Å². The molecular weight excluding hydrogens is 260 g/mol. The molecule has 0 amide bonds. The zero-order valence-corrected chi connectivity index (χ0v) is 14.3. The summed E-state index contributed by atoms with van der Waals surface area (Å²) in [7, 11) is 0.